The SMILES string of the molecule is CCCCc1nn2nc(-c3ccc(NC(=O)C(C)CP=O)cc3)[nH]c2c1Cl. The van der Waals surface area contributed by atoms with Crippen LogP contribution < -0.4 is 5.32 Å². The number of fused-ring (bicyclic) bond motifs is 1. The smallest absolute Gasteiger partial charge is 0.227 e. The second-order valence-electron chi connectivity index (χ2n) is 6.46. The zero-order valence-corrected chi connectivity index (χ0v) is 16.8. The van der Waals surface area contributed by atoms with Crippen molar-refractivity contribution in [1.29, 1.82) is 0 Å². The van der Waals surface area contributed by atoms with Crippen LogP contribution in [0.2, 0.25) is 5.02 Å². The van der Waals surface area contributed by atoms with Crippen molar-refractivity contribution in [3.05, 3.63) is 35.0 Å². The highest BCUT2D eigenvalue weighted by Crippen LogP contribution is 2.25. The van der Waals surface area contributed by atoms with Gasteiger partial charge in [0.15, 0.2) is 19.9 Å². The fourth-order valence-corrected chi connectivity index (χ4v) is 3.29. The number of H-pyrrole nitrogens is 1. The molecular weight excluding hydrogens is 385 g/mol. The second kappa shape index (κ2) is 8.63. The number of benzene rings is 1. The molecule has 2 heterocycles. The lowest BCUT2D eigenvalue weighted by atomic mass is 10.1. The van der Waals surface area contributed by atoms with E-state index in [0.29, 0.717) is 28.3 Å². The summed E-state index contributed by atoms with van der Waals surface area (Å²) in [7, 11) is -0.0306. The molecule has 27 heavy (non-hydrogen) atoms. The monoisotopic (exact) mass is 405 g/mol. The number of halogens is 1. The maximum atomic E-state index is 12.0. The number of aromatic nitrogens is 4. The van der Waals surface area contributed by atoms with Crippen molar-refractivity contribution in [2.45, 2.75) is 33.1 Å². The highest BCUT2D eigenvalue weighted by Gasteiger charge is 2.16. The molecule has 0 aliphatic carbocycles. The van der Waals surface area contributed by atoms with E-state index in [1.54, 1.807) is 19.1 Å². The number of hydrogen-bond donors (Lipinski definition) is 2. The van der Waals surface area contributed by atoms with Crippen molar-refractivity contribution in [3.63, 3.8) is 0 Å². The van der Waals surface area contributed by atoms with E-state index in [2.05, 4.69) is 27.4 Å². The van der Waals surface area contributed by atoms with Crippen molar-refractivity contribution in [3.8, 4) is 11.4 Å². The highest BCUT2D eigenvalue weighted by atomic mass is 35.5. The summed E-state index contributed by atoms with van der Waals surface area (Å²) in [5.41, 5.74) is 3.07. The highest BCUT2D eigenvalue weighted by molar-refractivity contribution is 7.23. The van der Waals surface area contributed by atoms with Crippen LogP contribution in [0.5, 0.6) is 0 Å². The van der Waals surface area contributed by atoms with Gasteiger partial charge in [-0.25, -0.2) is 0 Å². The topological polar surface area (TPSA) is 92.2 Å². The first-order valence-corrected chi connectivity index (χ1v) is 10.2. The molecule has 7 nitrogen and oxygen atoms in total. The number of nitrogens with one attached hydrogen (secondary N) is 2. The number of rotatable bonds is 8. The van der Waals surface area contributed by atoms with Gasteiger partial charge in [0, 0.05) is 23.3 Å². The maximum Gasteiger partial charge on any atom is 0.227 e. The van der Waals surface area contributed by atoms with Gasteiger partial charge in [0.1, 0.15) is 5.02 Å². The molecule has 1 amide bonds. The Bertz CT molecular complexity index is 951. The largest absolute Gasteiger partial charge is 0.326 e. The van der Waals surface area contributed by atoms with Crippen molar-refractivity contribution in [1.82, 2.24) is 19.8 Å². The Morgan fingerprint density at radius 3 is 2.70 bits per heavy atom. The van der Waals surface area contributed by atoms with E-state index in [4.69, 9.17) is 11.6 Å². The fraction of sp³-hybridized carbons (Fsp3) is 0.389. The lowest BCUT2D eigenvalue weighted by molar-refractivity contribution is -0.118. The molecule has 0 saturated carbocycles. The normalized spacial score (nSPS) is 12.6. The van der Waals surface area contributed by atoms with Crippen LogP contribution in [-0.4, -0.2) is 31.9 Å². The average molecular weight is 406 g/mol. The molecule has 142 valence electrons. The summed E-state index contributed by atoms with van der Waals surface area (Å²) < 4.78 is 12.1. The summed E-state index contributed by atoms with van der Waals surface area (Å²) in [5, 5.41) is 12.3. The summed E-state index contributed by atoms with van der Waals surface area (Å²) in [5.74, 6) is 0.178. The van der Waals surface area contributed by atoms with Crippen LogP contribution in [-0.2, 0) is 15.8 Å². The number of amides is 1. The molecule has 0 aliphatic rings. The molecule has 0 bridgehead atoms. The zero-order valence-electron chi connectivity index (χ0n) is 15.2. The van der Waals surface area contributed by atoms with Crippen molar-refractivity contribution in [2.24, 2.45) is 5.92 Å². The lowest BCUT2D eigenvalue weighted by Crippen LogP contribution is -2.21. The van der Waals surface area contributed by atoms with Crippen molar-refractivity contribution < 1.29 is 9.36 Å². The molecule has 1 atom stereocenters. The molecule has 1 unspecified atom stereocenters. The molecule has 0 radical (unpaired) electrons. The van der Waals surface area contributed by atoms with E-state index in [1.807, 2.05) is 12.1 Å². The van der Waals surface area contributed by atoms with Gasteiger partial charge in [0.05, 0.1) is 5.69 Å². The first-order valence-electron chi connectivity index (χ1n) is 8.87. The van der Waals surface area contributed by atoms with Gasteiger partial charge in [0.2, 0.25) is 5.91 Å². The first kappa shape index (κ1) is 19.5. The Hall–Kier alpha value is -2.24. The Labute approximate surface area is 163 Å². The quantitative estimate of drug-likeness (QED) is 0.536. The minimum atomic E-state index is -0.314. The summed E-state index contributed by atoms with van der Waals surface area (Å²) in [6.07, 6.45) is 3.25. The lowest BCUT2D eigenvalue weighted by Gasteiger charge is -2.09. The van der Waals surface area contributed by atoms with Gasteiger partial charge in [0.25, 0.3) is 0 Å². The van der Waals surface area contributed by atoms with E-state index in [0.717, 1.165) is 30.5 Å². The van der Waals surface area contributed by atoms with Crippen LogP contribution in [0.3, 0.4) is 0 Å². The van der Waals surface area contributed by atoms with Crippen LogP contribution in [0.1, 0.15) is 32.4 Å². The van der Waals surface area contributed by atoms with Gasteiger partial charge in [-0.2, -0.15) is 5.10 Å². The molecule has 0 fully saturated rings. The van der Waals surface area contributed by atoms with Gasteiger partial charge < -0.3 is 10.3 Å². The third-order valence-corrected chi connectivity index (χ3v) is 5.39. The molecule has 3 rings (SSSR count). The molecule has 2 N–H and O–H groups in total. The molecule has 1 aromatic carbocycles. The number of aryl methyl sites for hydroxylation is 1. The Balaban J connectivity index is 1.75. The van der Waals surface area contributed by atoms with Crippen LogP contribution in [0, 0.1) is 5.92 Å². The summed E-state index contributed by atoms with van der Waals surface area (Å²) in [4.78, 5) is 15.2. The standard InChI is InChI=1S/C18H21ClN5O2P/c1-3-4-5-14-15(19)17-21-16(23-24(17)22-14)12-6-8-13(9-7-12)20-18(25)11(2)10-27-26/h6-9,11H,3-5,10H2,1-2H3,(H,20,25)(H,21,23). The van der Waals surface area contributed by atoms with Crippen LogP contribution >= 0.6 is 20.1 Å². The van der Waals surface area contributed by atoms with Crippen molar-refractivity contribution in [2.75, 3.05) is 11.5 Å². The number of nitrogens with zero attached hydrogens (tertiary/aromatic N) is 3. The number of aromatic amines is 1. The van der Waals surface area contributed by atoms with Gasteiger partial charge in [-0.05, 0) is 37.1 Å². The number of hydrogen-bond acceptors (Lipinski definition) is 4. The van der Waals surface area contributed by atoms with Gasteiger partial charge in [-0.1, -0.05) is 31.9 Å². The molecule has 2 aromatic heterocycles. The molecule has 0 aliphatic heterocycles. The van der Waals surface area contributed by atoms with Gasteiger partial charge in [-0.3, -0.25) is 9.36 Å². The molecule has 3 aromatic rings. The number of unbranched alkanes of at least 4 members (excludes halogenated alkanes) is 1. The minimum Gasteiger partial charge on any atom is -0.326 e. The predicted molar refractivity (Wildman–Crippen MR) is 107 cm³/mol. The number of carbonyl (C=O) groups is 1. The Morgan fingerprint density at radius 2 is 2.07 bits per heavy atom. The van der Waals surface area contributed by atoms with Crippen molar-refractivity contribution >= 4 is 37.3 Å². The molecule has 0 saturated heterocycles. The Kier molecular flexibility index (Phi) is 6.24. The summed E-state index contributed by atoms with van der Waals surface area (Å²) in [6.45, 7) is 3.87. The first-order chi connectivity index (χ1) is 13.0. The van der Waals surface area contributed by atoms with E-state index >= 15 is 0 Å². The maximum absolute atomic E-state index is 12.0. The van der Waals surface area contributed by atoms with Crippen LogP contribution in [0.25, 0.3) is 17.0 Å². The number of anilines is 1. The molecule has 0 spiro atoms. The third-order valence-electron chi connectivity index (χ3n) is 4.30. The predicted octanol–water partition coefficient (Wildman–Crippen LogP) is 4.59. The Morgan fingerprint density at radius 1 is 1.33 bits per heavy atom. The molecular formula is C18H21ClN5O2P. The van der Waals surface area contributed by atoms with E-state index in [-0.39, 0.29) is 20.3 Å². The van der Waals surface area contributed by atoms with E-state index in [1.165, 1.54) is 4.63 Å². The van der Waals surface area contributed by atoms with Crippen LogP contribution in [0.15, 0.2) is 24.3 Å². The summed E-state index contributed by atoms with van der Waals surface area (Å²) in [6, 6.07) is 7.31. The van der Waals surface area contributed by atoms with Gasteiger partial charge >= 0.3 is 0 Å². The van der Waals surface area contributed by atoms with E-state index < -0.39 is 0 Å². The van der Waals surface area contributed by atoms with Gasteiger partial charge in [-0.15, -0.1) is 9.73 Å². The summed E-state index contributed by atoms with van der Waals surface area (Å²) >= 11 is 6.41. The fourth-order valence-electron chi connectivity index (χ4n) is 2.65. The van der Waals surface area contributed by atoms with E-state index in [9.17, 15) is 9.36 Å². The van der Waals surface area contributed by atoms with Crippen LogP contribution in [0.4, 0.5) is 5.69 Å². The second-order valence-corrected chi connectivity index (χ2v) is 7.46. The zero-order chi connectivity index (χ0) is 19.4. The average Bonchev–Trinajstić information content (AvgIpc) is 3.20. The third kappa shape index (κ3) is 4.37. The minimum absolute atomic E-state index is 0.0306. The molecule has 9 heteroatoms. The number of carbonyl (C=O) groups excluding carboxylic acids is 1.